The molecule has 0 aliphatic rings. The van der Waals surface area contributed by atoms with Crippen molar-refractivity contribution in [3.8, 4) is 0 Å². The van der Waals surface area contributed by atoms with E-state index in [0.717, 1.165) is 18.8 Å². The van der Waals surface area contributed by atoms with E-state index in [2.05, 4.69) is 15.0 Å². The van der Waals surface area contributed by atoms with Crippen LogP contribution in [0.5, 0.6) is 0 Å². The lowest BCUT2D eigenvalue weighted by Gasteiger charge is -2.20. The van der Waals surface area contributed by atoms with E-state index in [1.807, 2.05) is 13.8 Å². The predicted molar refractivity (Wildman–Crippen MR) is 85.4 cm³/mol. The third-order valence-corrected chi connectivity index (χ3v) is 3.76. The highest BCUT2D eigenvalue weighted by Crippen LogP contribution is 2.19. The summed E-state index contributed by atoms with van der Waals surface area (Å²) >= 11 is 11.8. The lowest BCUT2D eigenvalue weighted by atomic mass is 10.3. The molecule has 2 aromatic rings. The van der Waals surface area contributed by atoms with Crippen molar-refractivity contribution in [1.29, 1.82) is 0 Å². The van der Waals surface area contributed by atoms with E-state index in [4.69, 9.17) is 23.2 Å². The van der Waals surface area contributed by atoms with Gasteiger partial charge in [-0.15, -0.1) is 0 Å². The van der Waals surface area contributed by atoms with Crippen LogP contribution in [0.4, 0.5) is 5.69 Å². The number of hydrogen-bond donors (Lipinski definition) is 0. The van der Waals surface area contributed by atoms with Gasteiger partial charge in [-0.1, -0.05) is 23.2 Å². The van der Waals surface area contributed by atoms with Crippen LogP contribution in [0.2, 0.25) is 10.2 Å². The molecular weight excluding hydrogens is 311 g/mol. The van der Waals surface area contributed by atoms with E-state index in [-0.39, 0.29) is 12.1 Å². The predicted octanol–water partition coefficient (Wildman–Crippen LogP) is 2.84. The van der Waals surface area contributed by atoms with Crippen molar-refractivity contribution in [2.24, 2.45) is 0 Å². The maximum atomic E-state index is 12.1. The van der Waals surface area contributed by atoms with Crippen molar-refractivity contribution >= 4 is 28.9 Å². The minimum Gasteiger partial charge on any atom is -0.371 e. The molecule has 0 N–H and O–H groups in total. The average molecular weight is 327 g/mol. The molecule has 0 radical (unpaired) electrons. The third-order valence-electron chi connectivity index (χ3n) is 3.20. The summed E-state index contributed by atoms with van der Waals surface area (Å²) in [5, 5.41) is 4.99. The maximum Gasteiger partial charge on any atom is 0.269 e. The Balaban J connectivity index is 2.27. The summed E-state index contributed by atoms with van der Waals surface area (Å²) in [5.41, 5.74) is 1.35. The lowest BCUT2D eigenvalue weighted by molar-refractivity contribution is 0.635. The number of hydrogen-bond acceptors (Lipinski definition) is 4. The van der Waals surface area contributed by atoms with Gasteiger partial charge in [-0.2, -0.15) is 5.10 Å². The van der Waals surface area contributed by atoms with Gasteiger partial charge in [0, 0.05) is 30.9 Å². The zero-order valence-electron chi connectivity index (χ0n) is 11.9. The molecule has 0 unspecified atom stereocenters. The van der Waals surface area contributed by atoms with E-state index >= 15 is 0 Å². The second-order valence-corrected chi connectivity index (χ2v) is 5.27. The van der Waals surface area contributed by atoms with Crippen LogP contribution in [0.3, 0.4) is 0 Å². The molecule has 0 atom stereocenters. The Bertz CT molecular complexity index is 683. The first-order chi connectivity index (χ1) is 10.0. The largest absolute Gasteiger partial charge is 0.371 e. The van der Waals surface area contributed by atoms with Gasteiger partial charge in [-0.3, -0.25) is 4.79 Å². The summed E-state index contributed by atoms with van der Waals surface area (Å²) in [6, 6.07) is 3.13. The molecular formula is C14H16Cl2N4O. The zero-order chi connectivity index (χ0) is 15.4. The van der Waals surface area contributed by atoms with Gasteiger partial charge in [0.15, 0.2) is 0 Å². The van der Waals surface area contributed by atoms with Crippen LogP contribution >= 0.6 is 23.2 Å². The molecule has 0 bridgehead atoms. The third kappa shape index (κ3) is 3.74. The summed E-state index contributed by atoms with van der Waals surface area (Å²) in [6.07, 6.45) is 3.24. The number of nitrogens with zero attached hydrogens (tertiary/aromatic N) is 4. The maximum absolute atomic E-state index is 12.1. The number of pyridine rings is 1. The van der Waals surface area contributed by atoms with Gasteiger partial charge in [0.1, 0.15) is 5.15 Å². The van der Waals surface area contributed by atoms with Crippen LogP contribution in [0, 0.1) is 0 Å². The summed E-state index contributed by atoms with van der Waals surface area (Å²) in [7, 11) is 0. The van der Waals surface area contributed by atoms with Crippen LogP contribution in [-0.2, 0) is 6.54 Å². The van der Waals surface area contributed by atoms with Crippen molar-refractivity contribution in [3.63, 3.8) is 0 Å². The SMILES string of the molecule is CCN(CC)c1cnn(Cc2cnc(Cl)cc2Cl)c(=O)c1. The van der Waals surface area contributed by atoms with Gasteiger partial charge in [0.25, 0.3) is 5.56 Å². The van der Waals surface area contributed by atoms with E-state index in [1.165, 1.54) is 4.68 Å². The van der Waals surface area contributed by atoms with Gasteiger partial charge in [-0.25, -0.2) is 9.67 Å². The fraction of sp³-hybridized carbons (Fsp3) is 0.357. The van der Waals surface area contributed by atoms with E-state index in [0.29, 0.717) is 15.7 Å². The molecule has 0 saturated carbocycles. The van der Waals surface area contributed by atoms with Crippen molar-refractivity contribution in [2.45, 2.75) is 20.4 Å². The Labute approximate surface area is 133 Å². The molecule has 0 aromatic carbocycles. The fourth-order valence-electron chi connectivity index (χ4n) is 2.02. The van der Waals surface area contributed by atoms with Crippen LogP contribution in [-0.4, -0.2) is 27.9 Å². The molecule has 0 aliphatic carbocycles. The molecule has 2 rings (SSSR count). The molecule has 2 heterocycles. The molecule has 0 amide bonds. The molecule has 21 heavy (non-hydrogen) atoms. The summed E-state index contributed by atoms with van der Waals surface area (Å²) in [4.78, 5) is 18.2. The highest BCUT2D eigenvalue weighted by Gasteiger charge is 2.08. The molecule has 2 aromatic heterocycles. The first-order valence-electron chi connectivity index (χ1n) is 6.67. The van der Waals surface area contributed by atoms with Gasteiger partial charge in [0.05, 0.1) is 23.5 Å². The molecule has 7 heteroatoms. The fourth-order valence-corrected chi connectivity index (χ4v) is 2.44. The van der Waals surface area contributed by atoms with Crippen molar-refractivity contribution in [2.75, 3.05) is 18.0 Å². The quantitative estimate of drug-likeness (QED) is 0.793. The Morgan fingerprint density at radius 2 is 1.90 bits per heavy atom. The molecule has 0 aliphatic heterocycles. The first-order valence-corrected chi connectivity index (χ1v) is 7.42. The minimum atomic E-state index is -0.176. The Kier molecular flexibility index (Phi) is 5.20. The second kappa shape index (κ2) is 6.91. The monoisotopic (exact) mass is 326 g/mol. The smallest absolute Gasteiger partial charge is 0.269 e. The van der Waals surface area contributed by atoms with Crippen LogP contribution in [0.25, 0.3) is 0 Å². The zero-order valence-corrected chi connectivity index (χ0v) is 13.4. The van der Waals surface area contributed by atoms with Gasteiger partial charge in [-0.05, 0) is 19.9 Å². The number of anilines is 1. The van der Waals surface area contributed by atoms with Gasteiger partial charge < -0.3 is 4.90 Å². The van der Waals surface area contributed by atoms with Crippen LogP contribution in [0.15, 0.2) is 29.3 Å². The summed E-state index contributed by atoms with van der Waals surface area (Å²) < 4.78 is 1.35. The number of rotatable bonds is 5. The summed E-state index contributed by atoms with van der Waals surface area (Å²) in [6.45, 7) is 5.99. The highest BCUT2D eigenvalue weighted by atomic mass is 35.5. The first kappa shape index (κ1) is 15.8. The average Bonchev–Trinajstić information content (AvgIpc) is 2.45. The second-order valence-electron chi connectivity index (χ2n) is 4.48. The minimum absolute atomic E-state index is 0.176. The Morgan fingerprint density at radius 1 is 1.19 bits per heavy atom. The number of aromatic nitrogens is 3. The number of halogens is 2. The van der Waals surface area contributed by atoms with Crippen molar-refractivity contribution in [3.05, 3.63) is 50.6 Å². The Hall–Kier alpha value is -1.59. The van der Waals surface area contributed by atoms with E-state index < -0.39 is 0 Å². The van der Waals surface area contributed by atoms with Crippen LogP contribution in [0.1, 0.15) is 19.4 Å². The Morgan fingerprint density at radius 3 is 2.48 bits per heavy atom. The topological polar surface area (TPSA) is 51.0 Å². The van der Waals surface area contributed by atoms with E-state index in [9.17, 15) is 4.79 Å². The molecule has 0 saturated heterocycles. The van der Waals surface area contributed by atoms with Gasteiger partial charge in [0.2, 0.25) is 0 Å². The molecule has 112 valence electrons. The lowest BCUT2D eigenvalue weighted by Crippen LogP contribution is -2.28. The molecule has 5 nitrogen and oxygen atoms in total. The van der Waals surface area contributed by atoms with E-state index in [1.54, 1.807) is 24.5 Å². The molecule has 0 spiro atoms. The molecule has 0 fully saturated rings. The van der Waals surface area contributed by atoms with Crippen molar-refractivity contribution < 1.29 is 0 Å². The normalized spacial score (nSPS) is 10.7. The highest BCUT2D eigenvalue weighted by molar-refractivity contribution is 6.34. The van der Waals surface area contributed by atoms with Crippen LogP contribution < -0.4 is 10.5 Å². The standard InChI is InChI=1S/C14H16Cl2N4O/c1-3-19(4-2)11-5-14(21)20(18-8-11)9-10-7-17-13(16)6-12(10)15/h5-8H,3-4,9H2,1-2H3. The van der Waals surface area contributed by atoms with Crippen molar-refractivity contribution in [1.82, 2.24) is 14.8 Å². The van der Waals surface area contributed by atoms with Gasteiger partial charge >= 0.3 is 0 Å². The summed E-state index contributed by atoms with van der Waals surface area (Å²) in [5.74, 6) is 0.